The van der Waals surface area contributed by atoms with E-state index in [9.17, 15) is 0 Å². The molecule has 0 bridgehead atoms. The molecular formula is C11H20O. The zero-order valence-electron chi connectivity index (χ0n) is 8.14. The topological polar surface area (TPSA) is 9.23 Å². The minimum Gasteiger partial charge on any atom is -0.369 e. The fraction of sp³-hybridized carbons (Fsp3) is 0.818. The van der Waals surface area contributed by atoms with E-state index in [1.807, 2.05) is 0 Å². The van der Waals surface area contributed by atoms with Gasteiger partial charge in [0.05, 0.1) is 0 Å². The molecule has 0 aromatic heterocycles. The van der Waals surface area contributed by atoms with Gasteiger partial charge in [0, 0.05) is 6.61 Å². The summed E-state index contributed by atoms with van der Waals surface area (Å²) in [7, 11) is 0. The van der Waals surface area contributed by atoms with E-state index in [4.69, 9.17) is 11.2 Å². The van der Waals surface area contributed by atoms with Crippen molar-refractivity contribution in [1.82, 2.24) is 0 Å². The predicted molar refractivity (Wildman–Crippen MR) is 53.0 cm³/mol. The maximum atomic E-state index is 5.15. The molecule has 0 aromatic carbocycles. The van der Waals surface area contributed by atoms with Crippen LogP contribution in [-0.2, 0) is 4.74 Å². The molecule has 0 aliphatic carbocycles. The van der Waals surface area contributed by atoms with Gasteiger partial charge in [-0.15, -0.1) is 6.42 Å². The van der Waals surface area contributed by atoms with Crippen molar-refractivity contribution in [3.05, 3.63) is 0 Å². The fourth-order valence-electron chi connectivity index (χ4n) is 1.12. The van der Waals surface area contributed by atoms with Crippen molar-refractivity contribution in [2.75, 3.05) is 13.2 Å². The summed E-state index contributed by atoms with van der Waals surface area (Å²) in [5.41, 5.74) is 0. The van der Waals surface area contributed by atoms with Gasteiger partial charge in [0.15, 0.2) is 0 Å². The van der Waals surface area contributed by atoms with E-state index in [0.717, 1.165) is 13.0 Å². The molecule has 0 rings (SSSR count). The Bertz CT molecular complexity index is 113. The summed E-state index contributed by atoms with van der Waals surface area (Å²) in [6.45, 7) is 3.53. The summed E-state index contributed by atoms with van der Waals surface area (Å²) in [5, 5.41) is 0. The van der Waals surface area contributed by atoms with Crippen LogP contribution in [0, 0.1) is 12.3 Å². The lowest BCUT2D eigenvalue weighted by atomic mass is 10.1. The summed E-state index contributed by atoms with van der Waals surface area (Å²) in [4.78, 5) is 0. The Kier molecular flexibility index (Phi) is 10.1. The molecule has 1 nitrogen and oxygen atoms in total. The van der Waals surface area contributed by atoms with Crippen LogP contribution in [-0.4, -0.2) is 13.2 Å². The fourth-order valence-corrected chi connectivity index (χ4v) is 1.12. The number of terminal acetylenes is 1. The summed E-state index contributed by atoms with van der Waals surface area (Å²) >= 11 is 0. The van der Waals surface area contributed by atoms with Crippen LogP contribution in [0.1, 0.15) is 45.4 Å². The molecule has 0 saturated carbocycles. The van der Waals surface area contributed by atoms with Crippen molar-refractivity contribution in [3.8, 4) is 12.3 Å². The molecule has 0 spiro atoms. The van der Waals surface area contributed by atoms with Crippen molar-refractivity contribution < 1.29 is 4.74 Å². The highest BCUT2D eigenvalue weighted by Crippen LogP contribution is 2.04. The molecular weight excluding hydrogens is 148 g/mol. The molecule has 0 aliphatic rings. The van der Waals surface area contributed by atoms with Gasteiger partial charge in [-0.05, 0) is 6.42 Å². The first-order valence-electron chi connectivity index (χ1n) is 4.93. The number of hydrogen-bond acceptors (Lipinski definition) is 1. The Morgan fingerprint density at radius 3 is 2.42 bits per heavy atom. The highest BCUT2D eigenvalue weighted by molar-refractivity contribution is 4.82. The number of unbranched alkanes of at least 4 members (excludes halogenated alkanes) is 5. The molecule has 0 fully saturated rings. The Labute approximate surface area is 76.5 Å². The van der Waals surface area contributed by atoms with Crippen molar-refractivity contribution in [2.45, 2.75) is 45.4 Å². The second-order valence-corrected chi connectivity index (χ2v) is 3.02. The van der Waals surface area contributed by atoms with Gasteiger partial charge < -0.3 is 4.74 Å². The number of ether oxygens (including phenoxy) is 1. The van der Waals surface area contributed by atoms with Crippen molar-refractivity contribution in [3.63, 3.8) is 0 Å². The van der Waals surface area contributed by atoms with Crippen LogP contribution in [0.3, 0.4) is 0 Å². The number of rotatable bonds is 8. The monoisotopic (exact) mass is 168 g/mol. The minimum absolute atomic E-state index is 0.467. The average Bonchev–Trinajstić information content (AvgIpc) is 2.10. The van der Waals surface area contributed by atoms with Gasteiger partial charge >= 0.3 is 0 Å². The Balaban J connectivity index is 2.78. The van der Waals surface area contributed by atoms with Crippen LogP contribution in [0.4, 0.5) is 0 Å². The van der Waals surface area contributed by atoms with Crippen LogP contribution < -0.4 is 0 Å². The Morgan fingerprint density at radius 2 is 1.75 bits per heavy atom. The molecule has 0 saturated heterocycles. The Morgan fingerprint density at radius 1 is 1.08 bits per heavy atom. The number of hydrogen-bond donors (Lipinski definition) is 0. The van der Waals surface area contributed by atoms with Gasteiger partial charge in [-0.2, -0.15) is 0 Å². The van der Waals surface area contributed by atoms with Crippen LogP contribution in [0.25, 0.3) is 0 Å². The molecule has 0 atom stereocenters. The zero-order chi connectivity index (χ0) is 9.07. The summed E-state index contributed by atoms with van der Waals surface area (Å²) in [6.07, 6.45) is 12.9. The molecule has 0 heterocycles. The van der Waals surface area contributed by atoms with E-state index in [2.05, 4.69) is 12.8 Å². The third kappa shape index (κ3) is 9.52. The van der Waals surface area contributed by atoms with E-state index < -0.39 is 0 Å². The summed E-state index contributed by atoms with van der Waals surface area (Å²) < 4.78 is 5.15. The lowest BCUT2D eigenvalue weighted by molar-refractivity contribution is 0.162. The highest BCUT2D eigenvalue weighted by atomic mass is 16.5. The van der Waals surface area contributed by atoms with Gasteiger partial charge in [0.2, 0.25) is 0 Å². The van der Waals surface area contributed by atoms with Gasteiger partial charge in [0.25, 0.3) is 0 Å². The SMILES string of the molecule is C#CCOCCCCCCCC. The van der Waals surface area contributed by atoms with Gasteiger partial charge in [0.1, 0.15) is 6.61 Å². The molecule has 12 heavy (non-hydrogen) atoms. The largest absolute Gasteiger partial charge is 0.369 e. The molecule has 0 N–H and O–H groups in total. The molecule has 70 valence electrons. The normalized spacial score (nSPS) is 9.67. The summed E-state index contributed by atoms with van der Waals surface area (Å²) in [5.74, 6) is 2.46. The van der Waals surface area contributed by atoms with E-state index in [-0.39, 0.29) is 0 Å². The zero-order valence-corrected chi connectivity index (χ0v) is 8.14. The van der Waals surface area contributed by atoms with Gasteiger partial charge in [-0.3, -0.25) is 0 Å². The first-order valence-corrected chi connectivity index (χ1v) is 4.93. The highest BCUT2D eigenvalue weighted by Gasteiger charge is 1.89. The van der Waals surface area contributed by atoms with E-state index in [0.29, 0.717) is 6.61 Å². The van der Waals surface area contributed by atoms with Crippen molar-refractivity contribution in [2.24, 2.45) is 0 Å². The van der Waals surface area contributed by atoms with Crippen LogP contribution in [0.15, 0.2) is 0 Å². The molecule has 0 radical (unpaired) electrons. The van der Waals surface area contributed by atoms with E-state index >= 15 is 0 Å². The van der Waals surface area contributed by atoms with Crippen molar-refractivity contribution in [1.29, 1.82) is 0 Å². The lowest BCUT2D eigenvalue weighted by Crippen LogP contribution is -1.94. The maximum absolute atomic E-state index is 5.15. The van der Waals surface area contributed by atoms with E-state index in [1.165, 1.54) is 32.1 Å². The minimum atomic E-state index is 0.467. The van der Waals surface area contributed by atoms with E-state index in [1.54, 1.807) is 0 Å². The first kappa shape index (κ1) is 11.5. The Hall–Kier alpha value is -0.480. The molecule has 0 aromatic rings. The second kappa shape index (κ2) is 10.5. The second-order valence-electron chi connectivity index (χ2n) is 3.02. The van der Waals surface area contributed by atoms with Gasteiger partial charge in [-0.1, -0.05) is 44.9 Å². The quantitative estimate of drug-likeness (QED) is 0.400. The summed E-state index contributed by atoms with van der Waals surface area (Å²) in [6, 6.07) is 0. The smallest absolute Gasteiger partial charge is 0.107 e. The third-order valence-corrected chi connectivity index (χ3v) is 1.83. The first-order chi connectivity index (χ1) is 5.91. The molecule has 0 aliphatic heterocycles. The van der Waals surface area contributed by atoms with Gasteiger partial charge in [-0.25, -0.2) is 0 Å². The van der Waals surface area contributed by atoms with Crippen molar-refractivity contribution >= 4 is 0 Å². The predicted octanol–water partition coefficient (Wildman–Crippen LogP) is 3.00. The van der Waals surface area contributed by atoms with Crippen LogP contribution >= 0.6 is 0 Å². The average molecular weight is 168 g/mol. The van der Waals surface area contributed by atoms with Crippen LogP contribution in [0.5, 0.6) is 0 Å². The lowest BCUT2D eigenvalue weighted by Gasteiger charge is -2.00. The van der Waals surface area contributed by atoms with Crippen LogP contribution in [0.2, 0.25) is 0 Å². The molecule has 0 amide bonds. The molecule has 1 heteroatoms. The standard InChI is InChI=1S/C11H20O/c1-3-5-6-7-8-9-11-12-10-4-2/h2H,3,5-11H2,1H3. The third-order valence-electron chi connectivity index (χ3n) is 1.83. The molecule has 0 unspecified atom stereocenters. The maximum Gasteiger partial charge on any atom is 0.107 e.